The van der Waals surface area contributed by atoms with Gasteiger partial charge in [-0.1, -0.05) is 45.0 Å². The number of hydrogen-bond donors (Lipinski definition) is 0. The van der Waals surface area contributed by atoms with Gasteiger partial charge in [-0.15, -0.1) is 0 Å². The third-order valence-electron chi connectivity index (χ3n) is 7.22. The number of benzene rings is 1. The second-order valence-corrected chi connectivity index (χ2v) is 10.9. The first-order chi connectivity index (χ1) is 16.1. The van der Waals surface area contributed by atoms with E-state index in [-0.39, 0.29) is 28.9 Å². The largest absolute Gasteiger partial charge is 0.377 e. The summed E-state index contributed by atoms with van der Waals surface area (Å²) in [6, 6.07) is 6.29. The van der Waals surface area contributed by atoms with E-state index < -0.39 is 5.92 Å². The molecule has 4 nitrogen and oxygen atoms in total. The second-order valence-electron chi connectivity index (χ2n) is 10.9. The van der Waals surface area contributed by atoms with Gasteiger partial charge >= 0.3 is 0 Å². The van der Waals surface area contributed by atoms with Crippen LogP contribution in [-0.4, -0.2) is 29.2 Å². The van der Waals surface area contributed by atoms with Crippen molar-refractivity contribution in [3.8, 4) is 0 Å². The lowest BCUT2D eigenvalue weighted by molar-refractivity contribution is -0.0873. The van der Waals surface area contributed by atoms with Crippen LogP contribution in [0.5, 0.6) is 0 Å². The normalized spacial score (nSPS) is 24.0. The molecule has 0 spiro atoms. The van der Waals surface area contributed by atoms with Crippen LogP contribution < -0.4 is 4.90 Å². The monoisotopic (exact) mass is 475 g/mol. The molecule has 0 amide bonds. The molecule has 34 heavy (non-hydrogen) atoms. The van der Waals surface area contributed by atoms with E-state index in [1.165, 1.54) is 18.5 Å². The van der Waals surface area contributed by atoms with Gasteiger partial charge in [-0.25, -0.2) is 23.1 Å². The Morgan fingerprint density at radius 3 is 2.44 bits per heavy atom. The van der Waals surface area contributed by atoms with Gasteiger partial charge in [0.1, 0.15) is 6.33 Å². The van der Waals surface area contributed by atoms with Crippen molar-refractivity contribution in [2.24, 2.45) is 11.3 Å². The van der Waals surface area contributed by atoms with Crippen LogP contribution in [0.25, 0.3) is 0 Å². The molecule has 0 N–H and O–H groups in total. The molecular weight excluding hydrogens is 439 g/mol. The fraction of sp³-hybridized carbons (Fsp3) is 0.630. The fourth-order valence-electron chi connectivity index (χ4n) is 5.55. The topological polar surface area (TPSA) is 38.2 Å². The zero-order valence-corrected chi connectivity index (χ0v) is 20.7. The van der Waals surface area contributed by atoms with E-state index >= 15 is 4.39 Å². The van der Waals surface area contributed by atoms with Crippen molar-refractivity contribution in [1.29, 1.82) is 0 Å². The Morgan fingerprint density at radius 1 is 1.03 bits per heavy atom. The summed E-state index contributed by atoms with van der Waals surface area (Å²) in [7, 11) is 0. The highest BCUT2D eigenvalue weighted by Gasteiger charge is 2.36. The number of rotatable bonds is 6. The summed E-state index contributed by atoms with van der Waals surface area (Å²) < 4.78 is 48.9. The molecule has 2 aliphatic heterocycles. The summed E-state index contributed by atoms with van der Waals surface area (Å²) >= 11 is 0. The number of halogens is 3. The minimum Gasteiger partial charge on any atom is -0.377 e. The molecule has 4 rings (SSSR count). The Morgan fingerprint density at radius 2 is 1.76 bits per heavy atom. The molecule has 0 bridgehead atoms. The maximum atomic E-state index is 15.6. The van der Waals surface area contributed by atoms with Crippen molar-refractivity contribution < 1.29 is 17.9 Å². The Hall–Kier alpha value is -2.15. The third kappa shape index (κ3) is 5.40. The van der Waals surface area contributed by atoms with Gasteiger partial charge in [-0.2, -0.15) is 0 Å². The van der Waals surface area contributed by atoms with E-state index in [0.717, 1.165) is 51.2 Å². The van der Waals surface area contributed by atoms with Gasteiger partial charge < -0.3 is 9.64 Å². The minimum atomic E-state index is -2.88. The lowest BCUT2D eigenvalue weighted by Gasteiger charge is -2.40. The highest BCUT2D eigenvalue weighted by Crippen LogP contribution is 2.39. The molecule has 7 heteroatoms. The van der Waals surface area contributed by atoms with Crippen molar-refractivity contribution in [3.05, 3.63) is 53.2 Å². The van der Waals surface area contributed by atoms with Crippen LogP contribution >= 0.6 is 0 Å². The van der Waals surface area contributed by atoms with Gasteiger partial charge in [0.05, 0.1) is 17.8 Å². The molecule has 1 aromatic heterocycles. The van der Waals surface area contributed by atoms with E-state index in [2.05, 4.69) is 30.7 Å². The van der Waals surface area contributed by atoms with Crippen molar-refractivity contribution >= 4 is 5.82 Å². The first-order valence-corrected chi connectivity index (χ1v) is 12.4. The minimum absolute atomic E-state index is 0.0171. The lowest BCUT2D eigenvalue weighted by atomic mass is 9.76. The maximum Gasteiger partial charge on any atom is 0.270 e. The molecule has 186 valence electrons. The second kappa shape index (κ2) is 9.84. The lowest BCUT2D eigenvalue weighted by Crippen LogP contribution is -2.40. The number of anilines is 1. The smallest absolute Gasteiger partial charge is 0.270 e. The van der Waals surface area contributed by atoms with Crippen LogP contribution in [0.1, 0.15) is 82.7 Å². The van der Waals surface area contributed by atoms with Crippen LogP contribution in [0, 0.1) is 17.2 Å². The molecule has 0 aliphatic carbocycles. The van der Waals surface area contributed by atoms with E-state index in [0.29, 0.717) is 30.4 Å². The van der Waals surface area contributed by atoms with E-state index in [9.17, 15) is 8.78 Å². The molecule has 0 radical (unpaired) electrons. The number of ether oxygens (including phenoxy) is 1. The van der Waals surface area contributed by atoms with Gasteiger partial charge in [-0.05, 0) is 55.4 Å². The highest BCUT2D eigenvalue weighted by molar-refractivity contribution is 5.46. The first kappa shape index (κ1) is 25.0. The molecule has 0 saturated carbocycles. The van der Waals surface area contributed by atoms with Crippen LogP contribution in [-0.2, 0) is 17.1 Å². The van der Waals surface area contributed by atoms with Crippen LogP contribution in [0.2, 0.25) is 0 Å². The van der Waals surface area contributed by atoms with Gasteiger partial charge in [0.25, 0.3) is 5.92 Å². The Kier molecular flexibility index (Phi) is 7.22. The number of alkyl halides is 2. The standard InChI is InChI=1S/C27H36F3N3O/c1-26(2,3)24-19(7-6-16-34-24)11-14-21-23(28)25(32-17-31-21)33-15-5-8-22(33)18-9-12-20(13-10-18)27(4,29)30/h9-10,12-13,17,19,22,24H,5-8,11,14-16H2,1-4H3. The molecule has 2 aliphatic rings. The summed E-state index contributed by atoms with van der Waals surface area (Å²) in [5.41, 5.74) is 1.37. The summed E-state index contributed by atoms with van der Waals surface area (Å²) in [5.74, 6) is -2.56. The number of nitrogens with zero attached hydrogens (tertiary/aromatic N) is 3. The summed E-state index contributed by atoms with van der Waals surface area (Å²) in [6.45, 7) is 8.94. The average molecular weight is 476 g/mol. The van der Waals surface area contributed by atoms with E-state index in [1.54, 1.807) is 12.1 Å². The molecular formula is C27H36F3N3O. The predicted octanol–water partition coefficient (Wildman–Crippen LogP) is 6.84. The van der Waals surface area contributed by atoms with Crippen molar-refractivity contribution in [3.63, 3.8) is 0 Å². The molecule has 2 aromatic rings. The Bertz CT molecular complexity index is 969. The van der Waals surface area contributed by atoms with Crippen molar-refractivity contribution in [2.45, 2.75) is 84.3 Å². The van der Waals surface area contributed by atoms with Crippen molar-refractivity contribution in [2.75, 3.05) is 18.1 Å². The van der Waals surface area contributed by atoms with E-state index in [4.69, 9.17) is 4.74 Å². The van der Waals surface area contributed by atoms with Crippen LogP contribution in [0.3, 0.4) is 0 Å². The predicted molar refractivity (Wildman–Crippen MR) is 128 cm³/mol. The molecule has 3 unspecified atom stereocenters. The van der Waals surface area contributed by atoms with Crippen LogP contribution in [0.4, 0.5) is 19.0 Å². The number of hydrogen-bond acceptors (Lipinski definition) is 4. The zero-order chi connectivity index (χ0) is 24.5. The molecule has 2 fully saturated rings. The first-order valence-electron chi connectivity index (χ1n) is 12.4. The third-order valence-corrected chi connectivity index (χ3v) is 7.22. The summed E-state index contributed by atoms with van der Waals surface area (Å²) in [6.07, 6.45) is 6.81. The molecule has 2 saturated heterocycles. The Labute approximate surface area is 200 Å². The molecule has 3 atom stereocenters. The van der Waals surface area contributed by atoms with Crippen LogP contribution in [0.15, 0.2) is 30.6 Å². The van der Waals surface area contributed by atoms with Gasteiger partial charge in [0.15, 0.2) is 11.6 Å². The summed E-state index contributed by atoms with van der Waals surface area (Å²) in [4.78, 5) is 10.5. The highest BCUT2D eigenvalue weighted by atomic mass is 19.3. The molecule has 1 aromatic carbocycles. The fourth-order valence-corrected chi connectivity index (χ4v) is 5.55. The number of aromatic nitrogens is 2. The zero-order valence-electron chi connectivity index (χ0n) is 20.7. The maximum absolute atomic E-state index is 15.6. The molecule has 3 heterocycles. The average Bonchev–Trinajstić information content (AvgIpc) is 3.27. The Balaban J connectivity index is 1.51. The van der Waals surface area contributed by atoms with E-state index in [1.807, 2.05) is 4.90 Å². The van der Waals surface area contributed by atoms with Gasteiger partial charge in [0, 0.05) is 25.6 Å². The van der Waals surface area contributed by atoms with Gasteiger partial charge in [-0.3, -0.25) is 0 Å². The SMILES string of the molecule is CC(F)(F)c1ccc(C2CCCN2c2ncnc(CCC3CCCOC3C(C)(C)C)c2F)cc1. The van der Waals surface area contributed by atoms with Crippen molar-refractivity contribution in [1.82, 2.24) is 9.97 Å². The van der Waals surface area contributed by atoms with Gasteiger partial charge in [0.2, 0.25) is 0 Å². The number of aryl methyl sites for hydroxylation is 1. The quantitative estimate of drug-likeness (QED) is 0.458. The summed E-state index contributed by atoms with van der Waals surface area (Å²) in [5, 5.41) is 0.